The van der Waals surface area contributed by atoms with Gasteiger partial charge in [0, 0.05) is 16.6 Å². The van der Waals surface area contributed by atoms with Crippen molar-refractivity contribution >= 4 is 19.7 Å². The minimum atomic E-state index is -3.50. The third-order valence-electron chi connectivity index (χ3n) is 3.16. The van der Waals surface area contributed by atoms with Crippen molar-refractivity contribution in [1.82, 2.24) is 0 Å². The zero-order valence-electron chi connectivity index (χ0n) is 11.6. The van der Waals surface area contributed by atoms with Gasteiger partial charge in [0.05, 0.1) is 12.4 Å². The van der Waals surface area contributed by atoms with E-state index in [4.69, 9.17) is 15.4 Å². The SMILES string of the molecule is CCc1ccccc1OCC(CS(=O)(=O)Cl)C(C)C. The summed E-state index contributed by atoms with van der Waals surface area (Å²) >= 11 is 0. The Kier molecular flexibility index (Phi) is 6.14. The Bertz CT molecular complexity index is 497. The molecule has 1 aromatic rings. The van der Waals surface area contributed by atoms with Gasteiger partial charge in [-0.2, -0.15) is 0 Å². The fourth-order valence-electron chi connectivity index (χ4n) is 1.82. The van der Waals surface area contributed by atoms with Gasteiger partial charge in [0.2, 0.25) is 9.05 Å². The molecule has 1 aromatic carbocycles. The molecule has 1 rings (SSSR count). The molecule has 1 atom stereocenters. The van der Waals surface area contributed by atoms with E-state index in [-0.39, 0.29) is 17.6 Å². The van der Waals surface area contributed by atoms with Gasteiger partial charge >= 0.3 is 0 Å². The minimum absolute atomic E-state index is 0.0550. The van der Waals surface area contributed by atoms with E-state index >= 15 is 0 Å². The highest BCUT2D eigenvalue weighted by Gasteiger charge is 2.21. The first-order chi connectivity index (χ1) is 8.83. The Morgan fingerprint density at radius 1 is 1.26 bits per heavy atom. The Morgan fingerprint density at radius 3 is 2.42 bits per heavy atom. The smallest absolute Gasteiger partial charge is 0.233 e. The van der Waals surface area contributed by atoms with E-state index in [0.717, 1.165) is 17.7 Å². The lowest BCUT2D eigenvalue weighted by Crippen LogP contribution is -2.24. The molecule has 108 valence electrons. The maximum atomic E-state index is 11.2. The highest BCUT2D eigenvalue weighted by atomic mass is 35.7. The number of ether oxygens (including phenoxy) is 1. The second kappa shape index (κ2) is 7.15. The lowest BCUT2D eigenvalue weighted by molar-refractivity contribution is 0.223. The van der Waals surface area contributed by atoms with Gasteiger partial charge in [0.25, 0.3) is 0 Å². The molecule has 0 N–H and O–H groups in total. The van der Waals surface area contributed by atoms with Crippen molar-refractivity contribution in [1.29, 1.82) is 0 Å². The van der Waals surface area contributed by atoms with Crippen molar-refractivity contribution in [2.24, 2.45) is 11.8 Å². The lowest BCUT2D eigenvalue weighted by atomic mass is 9.99. The molecule has 0 radical (unpaired) electrons. The number of halogens is 1. The lowest BCUT2D eigenvalue weighted by Gasteiger charge is -2.20. The van der Waals surface area contributed by atoms with Crippen LogP contribution in [0.15, 0.2) is 24.3 Å². The molecule has 0 bridgehead atoms. The number of rotatable bonds is 7. The Morgan fingerprint density at radius 2 is 1.89 bits per heavy atom. The van der Waals surface area contributed by atoms with Gasteiger partial charge in [-0.25, -0.2) is 8.42 Å². The van der Waals surface area contributed by atoms with Gasteiger partial charge in [-0.05, 0) is 24.0 Å². The number of benzene rings is 1. The maximum Gasteiger partial charge on any atom is 0.233 e. The summed E-state index contributed by atoms with van der Waals surface area (Å²) in [6.45, 7) is 6.37. The van der Waals surface area contributed by atoms with E-state index < -0.39 is 9.05 Å². The fourth-order valence-corrected chi connectivity index (χ4v) is 3.30. The molecule has 0 amide bonds. The van der Waals surface area contributed by atoms with Crippen LogP contribution in [0.3, 0.4) is 0 Å². The zero-order chi connectivity index (χ0) is 14.5. The van der Waals surface area contributed by atoms with Crippen LogP contribution in [0.1, 0.15) is 26.3 Å². The van der Waals surface area contributed by atoms with Crippen molar-refractivity contribution in [3.05, 3.63) is 29.8 Å². The summed E-state index contributed by atoms with van der Waals surface area (Å²) in [6, 6.07) is 7.80. The van der Waals surface area contributed by atoms with E-state index in [1.807, 2.05) is 38.1 Å². The average molecular weight is 305 g/mol. The molecule has 5 heteroatoms. The third-order valence-corrected chi connectivity index (χ3v) is 4.37. The molecule has 0 aromatic heterocycles. The summed E-state index contributed by atoms with van der Waals surface area (Å²) in [6.07, 6.45) is 0.885. The summed E-state index contributed by atoms with van der Waals surface area (Å²) < 4.78 is 28.2. The maximum absolute atomic E-state index is 11.2. The number of hydrogen-bond acceptors (Lipinski definition) is 3. The van der Waals surface area contributed by atoms with Gasteiger partial charge in [-0.3, -0.25) is 0 Å². The van der Waals surface area contributed by atoms with E-state index in [2.05, 4.69) is 6.92 Å². The van der Waals surface area contributed by atoms with Crippen molar-refractivity contribution in [3.8, 4) is 5.75 Å². The van der Waals surface area contributed by atoms with Crippen LogP contribution in [0, 0.1) is 11.8 Å². The Balaban J connectivity index is 2.71. The number of aryl methyl sites for hydroxylation is 1. The molecule has 0 aliphatic rings. The molecule has 0 fully saturated rings. The first-order valence-corrected chi connectivity index (χ1v) is 8.94. The molecule has 0 saturated carbocycles. The summed E-state index contributed by atoms with van der Waals surface area (Å²) in [4.78, 5) is 0. The second-order valence-electron chi connectivity index (χ2n) is 4.98. The highest BCUT2D eigenvalue weighted by Crippen LogP contribution is 2.22. The molecule has 0 spiro atoms. The van der Waals surface area contributed by atoms with E-state index in [9.17, 15) is 8.42 Å². The summed E-state index contributed by atoms with van der Waals surface area (Å²) in [5.41, 5.74) is 1.12. The van der Waals surface area contributed by atoms with Crippen LogP contribution in [0.2, 0.25) is 0 Å². The van der Waals surface area contributed by atoms with Gasteiger partial charge in [-0.1, -0.05) is 39.0 Å². The molecular formula is C14H21ClO3S. The normalized spacial score (nSPS) is 13.5. The van der Waals surface area contributed by atoms with E-state index in [1.54, 1.807) is 0 Å². The predicted octanol–water partition coefficient (Wildman–Crippen LogP) is 3.47. The van der Waals surface area contributed by atoms with Gasteiger partial charge in [0.1, 0.15) is 5.75 Å². The van der Waals surface area contributed by atoms with Crippen molar-refractivity contribution in [3.63, 3.8) is 0 Å². The van der Waals surface area contributed by atoms with Crippen LogP contribution >= 0.6 is 10.7 Å². The highest BCUT2D eigenvalue weighted by molar-refractivity contribution is 8.13. The van der Waals surface area contributed by atoms with Crippen molar-refractivity contribution < 1.29 is 13.2 Å². The topological polar surface area (TPSA) is 43.4 Å². The molecule has 0 heterocycles. The van der Waals surface area contributed by atoms with Crippen LogP contribution in [-0.4, -0.2) is 20.8 Å². The molecule has 1 unspecified atom stereocenters. The van der Waals surface area contributed by atoms with Crippen LogP contribution in [-0.2, 0) is 15.5 Å². The average Bonchev–Trinajstić information content (AvgIpc) is 2.33. The molecule has 3 nitrogen and oxygen atoms in total. The van der Waals surface area contributed by atoms with E-state index in [1.165, 1.54) is 0 Å². The quantitative estimate of drug-likeness (QED) is 0.724. The van der Waals surface area contributed by atoms with Gasteiger partial charge in [-0.15, -0.1) is 0 Å². The van der Waals surface area contributed by atoms with Crippen LogP contribution in [0.4, 0.5) is 0 Å². The molecular weight excluding hydrogens is 284 g/mol. The first-order valence-electron chi connectivity index (χ1n) is 6.46. The van der Waals surface area contributed by atoms with Crippen LogP contribution in [0.5, 0.6) is 5.75 Å². The molecule has 19 heavy (non-hydrogen) atoms. The second-order valence-corrected chi connectivity index (χ2v) is 7.80. The van der Waals surface area contributed by atoms with Gasteiger partial charge in [0.15, 0.2) is 0 Å². The minimum Gasteiger partial charge on any atom is -0.493 e. The number of para-hydroxylation sites is 1. The Hall–Kier alpha value is -0.740. The summed E-state index contributed by atoms with van der Waals surface area (Å²) in [5, 5.41) is 0. The standard InChI is InChI=1S/C14H21ClO3S/c1-4-12-7-5-6-8-14(12)18-9-13(11(2)3)10-19(15,16)17/h5-8,11,13H,4,9-10H2,1-3H3. The summed E-state index contributed by atoms with van der Waals surface area (Å²) in [5.74, 6) is 0.859. The van der Waals surface area contributed by atoms with Crippen LogP contribution in [0.25, 0.3) is 0 Å². The zero-order valence-corrected chi connectivity index (χ0v) is 13.2. The van der Waals surface area contributed by atoms with Gasteiger partial charge < -0.3 is 4.74 Å². The Labute approximate surface area is 120 Å². The molecule has 0 saturated heterocycles. The first kappa shape index (κ1) is 16.3. The van der Waals surface area contributed by atoms with E-state index in [0.29, 0.717) is 6.61 Å². The monoisotopic (exact) mass is 304 g/mol. The van der Waals surface area contributed by atoms with Crippen molar-refractivity contribution in [2.45, 2.75) is 27.2 Å². The third kappa shape index (κ3) is 5.83. The predicted molar refractivity (Wildman–Crippen MR) is 79.3 cm³/mol. The van der Waals surface area contributed by atoms with Crippen LogP contribution < -0.4 is 4.74 Å². The fraction of sp³-hybridized carbons (Fsp3) is 0.571. The molecule has 0 aliphatic carbocycles. The largest absolute Gasteiger partial charge is 0.493 e. The summed E-state index contributed by atoms with van der Waals surface area (Å²) in [7, 11) is 1.83. The molecule has 0 aliphatic heterocycles. The van der Waals surface area contributed by atoms with Crippen molar-refractivity contribution in [2.75, 3.05) is 12.4 Å². The number of hydrogen-bond donors (Lipinski definition) is 0.